The molecule has 3 fully saturated rings. The molecule has 3 aliphatic rings. The van der Waals surface area contributed by atoms with E-state index in [2.05, 4.69) is 34.3 Å². The van der Waals surface area contributed by atoms with Crippen molar-refractivity contribution in [3.63, 3.8) is 0 Å². The molecule has 6 rings (SSSR count). The first-order chi connectivity index (χ1) is 16.6. The third kappa shape index (κ3) is 5.05. The SMILES string of the molecule is Cc1nc(N[C@H]2CCOC2)cc(-n2ncc3cc(C)c(C4CCN(C5CCOC5)CC4)cc32)n1.S. The van der Waals surface area contributed by atoms with E-state index < -0.39 is 0 Å². The number of fused-ring (bicyclic) bond motifs is 1. The number of aromatic nitrogens is 4. The van der Waals surface area contributed by atoms with E-state index in [-0.39, 0.29) is 13.5 Å². The molecule has 35 heavy (non-hydrogen) atoms. The van der Waals surface area contributed by atoms with Crippen LogP contribution in [0.1, 0.15) is 48.6 Å². The first kappa shape index (κ1) is 24.5. The Bertz CT molecular complexity index is 1160. The fourth-order valence-electron chi connectivity index (χ4n) is 5.80. The molecular formula is C26H36N6O2S. The van der Waals surface area contributed by atoms with Gasteiger partial charge >= 0.3 is 0 Å². The van der Waals surface area contributed by atoms with Crippen molar-refractivity contribution < 1.29 is 9.47 Å². The molecule has 0 bridgehead atoms. The van der Waals surface area contributed by atoms with E-state index in [1.807, 2.05) is 23.9 Å². The monoisotopic (exact) mass is 496 g/mol. The number of piperidine rings is 1. The summed E-state index contributed by atoms with van der Waals surface area (Å²) >= 11 is 0. The second-order valence-electron chi connectivity index (χ2n) is 10.0. The van der Waals surface area contributed by atoms with Crippen LogP contribution in [0.15, 0.2) is 24.4 Å². The van der Waals surface area contributed by atoms with Crippen molar-refractivity contribution in [2.24, 2.45) is 0 Å². The predicted octanol–water partition coefficient (Wildman–Crippen LogP) is 3.71. The molecule has 3 aromatic rings. The molecular weight excluding hydrogens is 460 g/mol. The first-order valence-electron chi connectivity index (χ1n) is 12.6. The van der Waals surface area contributed by atoms with Crippen molar-refractivity contribution in [2.45, 2.75) is 57.5 Å². The second-order valence-corrected chi connectivity index (χ2v) is 10.0. The minimum atomic E-state index is 0. The number of ether oxygens (including phenoxy) is 2. The summed E-state index contributed by atoms with van der Waals surface area (Å²) in [7, 11) is 0. The van der Waals surface area contributed by atoms with Crippen LogP contribution in [0.2, 0.25) is 0 Å². The van der Waals surface area contributed by atoms with Gasteiger partial charge in [-0.2, -0.15) is 18.6 Å². The zero-order chi connectivity index (χ0) is 23.1. The maximum atomic E-state index is 5.62. The van der Waals surface area contributed by atoms with Gasteiger partial charge in [-0.25, -0.2) is 14.6 Å². The largest absolute Gasteiger partial charge is 0.380 e. The molecule has 2 aromatic heterocycles. The summed E-state index contributed by atoms with van der Waals surface area (Å²) < 4.78 is 13.1. The fraction of sp³-hybridized carbons (Fsp3) is 0.577. The van der Waals surface area contributed by atoms with Crippen LogP contribution >= 0.6 is 13.5 Å². The van der Waals surface area contributed by atoms with Crippen LogP contribution in [0.4, 0.5) is 5.82 Å². The second kappa shape index (κ2) is 10.4. The molecule has 1 aromatic carbocycles. The lowest BCUT2D eigenvalue weighted by Gasteiger charge is -2.36. The number of aryl methyl sites for hydroxylation is 2. The van der Waals surface area contributed by atoms with Gasteiger partial charge < -0.3 is 14.8 Å². The summed E-state index contributed by atoms with van der Waals surface area (Å²) in [5.41, 5.74) is 3.92. The quantitative estimate of drug-likeness (QED) is 0.577. The van der Waals surface area contributed by atoms with Gasteiger partial charge in [-0.1, -0.05) is 0 Å². The molecule has 9 heteroatoms. The van der Waals surface area contributed by atoms with Gasteiger partial charge in [0.1, 0.15) is 11.6 Å². The topological polar surface area (TPSA) is 77.3 Å². The Morgan fingerprint density at radius 3 is 2.49 bits per heavy atom. The molecule has 0 spiro atoms. The standard InChI is InChI=1S/C26H34N6O2.H2S/c1-17-11-20-14-27-32(26-13-25(28-18(2)29-26)30-21-5-9-33-15-21)24(20)12-23(17)19-3-7-31(8-4-19)22-6-10-34-16-22;/h11-14,19,21-22H,3-10,15-16H2,1-2H3,(H,28,29,30);1H2/t21-,22?;/m0./s1. The van der Waals surface area contributed by atoms with Gasteiger partial charge in [-0.15, -0.1) is 0 Å². The van der Waals surface area contributed by atoms with Crippen molar-refractivity contribution in [1.82, 2.24) is 24.6 Å². The van der Waals surface area contributed by atoms with E-state index in [1.54, 1.807) is 0 Å². The van der Waals surface area contributed by atoms with Crippen molar-refractivity contribution >= 4 is 30.2 Å². The van der Waals surface area contributed by atoms with Crippen molar-refractivity contribution in [3.05, 3.63) is 41.3 Å². The van der Waals surface area contributed by atoms with Gasteiger partial charge in [-0.05, 0) is 81.8 Å². The number of hydrogen-bond acceptors (Lipinski definition) is 7. The average molecular weight is 497 g/mol. The van der Waals surface area contributed by atoms with Crippen molar-refractivity contribution in [1.29, 1.82) is 0 Å². The Hall–Kier alpha value is -2.20. The summed E-state index contributed by atoms with van der Waals surface area (Å²) in [5, 5.41) is 9.37. The predicted molar refractivity (Wildman–Crippen MR) is 142 cm³/mol. The normalized spacial score (nSPS) is 23.6. The van der Waals surface area contributed by atoms with Crippen LogP contribution in [0.5, 0.6) is 0 Å². The number of hydrogen-bond donors (Lipinski definition) is 1. The summed E-state index contributed by atoms with van der Waals surface area (Å²) in [5.74, 6) is 2.95. The van der Waals surface area contributed by atoms with Crippen LogP contribution in [0.3, 0.4) is 0 Å². The van der Waals surface area contributed by atoms with Gasteiger partial charge in [0.05, 0.1) is 31.0 Å². The number of nitrogens with one attached hydrogen (secondary N) is 1. The maximum Gasteiger partial charge on any atom is 0.159 e. The Morgan fingerprint density at radius 2 is 1.74 bits per heavy atom. The third-order valence-corrected chi connectivity index (χ3v) is 7.67. The van der Waals surface area contributed by atoms with E-state index >= 15 is 0 Å². The molecule has 0 aliphatic carbocycles. The van der Waals surface area contributed by atoms with E-state index in [1.165, 1.54) is 30.4 Å². The highest BCUT2D eigenvalue weighted by molar-refractivity contribution is 7.59. The minimum absolute atomic E-state index is 0. The van der Waals surface area contributed by atoms with E-state index in [9.17, 15) is 0 Å². The van der Waals surface area contributed by atoms with Gasteiger partial charge in [-0.3, -0.25) is 4.90 Å². The number of anilines is 1. The Balaban J connectivity index is 0.00000253. The zero-order valence-electron chi connectivity index (χ0n) is 20.7. The van der Waals surface area contributed by atoms with Crippen LogP contribution < -0.4 is 5.32 Å². The number of nitrogens with zero attached hydrogens (tertiary/aromatic N) is 5. The van der Waals surface area contributed by atoms with Crippen LogP contribution in [-0.2, 0) is 9.47 Å². The molecule has 0 radical (unpaired) electrons. The average Bonchev–Trinajstić information content (AvgIpc) is 3.60. The van der Waals surface area contributed by atoms with Crippen LogP contribution in [0, 0.1) is 13.8 Å². The lowest BCUT2D eigenvalue weighted by Crippen LogP contribution is -2.41. The molecule has 0 saturated carbocycles. The molecule has 8 nitrogen and oxygen atoms in total. The smallest absolute Gasteiger partial charge is 0.159 e. The number of rotatable bonds is 5. The molecule has 1 N–H and O–H groups in total. The van der Waals surface area contributed by atoms with Gasteiger partial charge in [0.25, 0.3) is 0 Å². The number of likely N-dealkylation sites (tertiary alicyclic amines) is 1. The summed E-state index contributed by atoms with van der Waals surface area (Å²) in [6.07, 6.45) is 6.52. The highest BCUT2D eigenvalue weighted by Gasteiger charge is 2.29. The fourth-order valence-corrected chi connectivity index (χ4v) is 5.80. The van der Waals surface area contributed by atoms with E-state index in [4.69, 9.17) is 19.6 Å². The van der Waals surface area contributed by atoms with Crippen molar-refractivity contribution in [3.8, 4) is 5.82 Å². The van der Waals surface area contributed by atoms with Gasteiger partial charge in [0.15, 0.2) is 5.82 Å². The highest BCUT2D eigenvalue weighted by Crippen LogP contribution is 2.34. The molecule has 3 aliphatic heterocycles. The highest BCUT2D eigenvalue weighted by atomic mass is 32.1. The maximum absolute atomic E-state index is 5.62. The van der Waals surface area contributed by atoms with Crippen LogP contribution in [-0.4, -0.2) is 76.2 Å². The third-order valence-electron chi connectivity index (χ3n) is 7.67. The lowest BCUT2D eigenvalue weighted by molar-refractivity contribution is 0.122. The molecule has 3 saturated heterocycles. The Kier molecular flexibility index (Phi) is 7.29. The van der Waals surface area contributed by atoms with E-state index in [0.717, 1.165) is 74.3 Å². The van der Waals surface area contributed by atoms with Crippen LogP contribution in [0.25, 0.3) is 16.7 Å². The van der Waals surface area contributed by atoms with Gasteiger partial charge in [0.2, 0.25) is 0 Å². The summed E-state index contributed by atoms with van der Waals surface area (Å²) in [4.78, 5) is 12.0. The molecule has 0 amide bonds. The lowest BCUT2D eigenvalue weighted by atomic mass is 9.86. The summed E-state index contributed by atoms with van der Waals surface area (Å²) in [6, 6.07) is 7.55. The zero-order valence-corrected chi connectivity index (χ0v) is 21.7. The Morgan fingerprint density at radius 1 is 0.943 bits per heavy atom. The van der Waals surface area contributed by atoms with Crippen molar-refractivity contribution in [2.75, 3.05) is 44.8 Å². The molecule has 188 valence electrons. The minimum Gasteiger partial charge on any atom is -0.380 e. The molecule has 1 unspecified atom stereocenters. The Labute approximate surface area is 213 Å². The van der Waals surface area contributed by atoms with E-state index in [0.29, 0.717) is 18.0 Å². The summed E-state index contributed by atoms with van der Waals surface area (Å²) in [6.45, 7) is 9.82. The molecule has 5 heterocycles. The molecule has 2 atom stereocenters. The van der Waals surface area contributed by atoms with Gasteiger partial charge in [0, 0.05) is 30.7 Å². The first-order valence-corrected chi connectivity index (χ1v) is 12.6. The number of benzene rings is 1.